The van der Waals surface area contributed by atoms with Crippen molar-refractivity contribution < 1.29 is 14.0 Å². The highest BCUT2D eigenvalue weighted by Crippen LogP contribution is 2.20. The summed E-state index contributed by atoms with van der Waals surface area (Å²) >= 11 is 0. The minimum absolute atomic E-state index is 0.117. The zero-order chi connectivity index (χ0) is 10.1. The third kappa shape index (κ3) is 1.33. The first-order chi connectivity index (χ1) is 6.70. The number of furan rings is 1. The predicted octanol–water partition coefficient (Wildman–Crippen LogP) is 2.45. The van der Waals surface area contributed by atoms with Crippen LogP contribution >= 0.6 is 0 Å². The Balaban J connectivity index is 2.65. The molecule has 3 heteroatoms. The molecule has 0 atom stereocenters. The van der Waals surface area contributed by atoms with Crippen molar-refractivity contribution in [3.8, 4) is 0 Å². The van der Waals surface area contributed by atoms with Crippen molar-refractivity contribution in [2.24, 2.45) is 0 Å². The van der Waals surface area contributed by atoms with E-state index in [0.717, 1.165) is 11.7 Å². The van der Waals surface area contributed by atoms with E-state index in [2.05, 4.69) is 0 Å². The highest BCUT2D eigenvalue weighted by Gasteiger charge is 2.07. The van der Waals surface area contributed by atoms with E-state index in [0.29, 0.717) is 16.9 Å². The van der Waals surface area contributed by atoms with Crippen LogP contribution in [0.25, 0.3) is 11.0 Å². The maximum absolute atomic E-state index is 11.0. The molecule has 0 unspecified atom stereocenters. The summed E-state index contributed by atoms with van der Waals surface area (Å²) in [5.74, 6) is 0.205. The third-order valence-electron chi connectivity index (χ3n) is 2.02. The zero-order valence-electron chi connectivity index (χ0n) is 7.61. The van der Waals surface area contributed by atoms with Gasteiger partial charge in [-0.3, -0.25) is 9.59 Å². The van der Waals surface area contributed by atoms with Crippen molar-refractivity contribution in [3.63, 3.8) is 0 Å². The number of fused-ring (bicyclic) bond motifs is 1. The molecule has 0 spiro atoms. The number of benzene rings is 1. The van der Waals surface area contributed by atoms with Crippen LogP contribution in [0.2, 0.25) is 0 Å². The molecule has 2 aromatic rings. The first-order valence-corrected chi connectivity index (χ1v) is 4.20. The van der Waals surface area contributed by atoms with Gasteiger partial charge in [0.1, 0.15) is 11.9 Å². The van der Waals surface area contributed by atoms with Gasteiger partial charge in [0.15, 0.2) is 11.5 Å². The monoisotopic (exact) mass is 188 g/mol. The van der Waals surface area contributed by atoms with Gasteiger partial charge in [0.2, 0.25) is 0 Å². The minimum Gasteiger partial charge on any atom is -0.453 e. The molecule has 70 valence electrons. The van der Waals surface area contributed by atoms with Gasteiger partial charge in [0.05, 0.1) is 0 Å². The van der Waals surface area contributed by atoms with Crippen LogP contribution in [-0.4, -0.2) is 12.1 Å². The lowest BCUT2D eigenvalue weighted by molar-refractivity contribution is 0.0989. The Morgan fingerprint density at radius 3 is 2.79 bits per heavy atom. The fourth-order valence-corrected chi connectivity index (χ4v) is 1.31. The number of carbonyl (C=O) groups excluding carboxylic acids is 2. The van der Waals surface area contributed by atoms with Gasteiger partial charge < -0.3 is 4.42 Å². The van der Waals surface area contributed by atoms with Crippen LogP contribution in [0.15, 0.2) is 28.7 Å². The Labute approximate surface area is 80.3 Å². The van der Waals surface area contributed by atoms with Crippen molar-refractivity contribution in [1.82, 2.24) is 0 Å². The largest absolute Gasteiger partial charge is 0.453 e. The maximum atomic E-state index is 11.0. The Morgan fingerprint density at radius 2 is 2.14 bits per heavy atom. The zero-order valence-corrected chi connectivity index (χ0v) is 7.61. The average molecular weight is 188 g/mol. The molecule has 0 bridgehead atoms. The topological polar surface area (TPSA) is 47.3 Å². The molecule has 14 heavy (non-hydrogen) atoms. The molecule has 1 heterocycles. The van der Waals surface area contributed by atoms with Gasteiger partial charge in [-0.05, 0) is 24.3 Å². The summed E-state index contributed by atoms with van der Waals surface area (Å²) in [5, 5.41) is 0.778. The number of ketones is 1. The van der Waals surface area contributed by atoms with Crippen LogP contribution in [0.3, 0.4) is 0 Å². The van der Waals surface area contributed by atoms with E-state index in [1.54, 1.807) is 24.3 Å². The molecule has 0 amide bonds. The van der Waals surface area contributed by atoms with E-state index in [1.165, 1.54) is 6.92 Å². The van der Waals surface area contributed by atoms with E-state index in [1.807, 2.05) is 0 Å². The van der Waals surface area contributed by atoms with Crippen LogP contribution in [0.4, 0.5) is 0 Å². The molecular weight excluding hydrogens is 180 g/mol. The first-order valence-electron chi connectivity index (χ1n) is 4.20. The average Bonchev–Trinajstić information content (AvgIpc) is 2.59. The SMILES string of the molecule is CC(=O)c1cc2cc(C=O)ccc2o1. The van der Waals surface area contributed by atoms with Crippen molar-refractivity contribution in [2.45, 2.75) is 6.92 Å². The molecular formula is C11H8O3. The Kier molecular flexibility index (Phi) is 1.93. The van der Waals surface area contributed by atoms with Gasteiger partial charge in [0, 0.05) is 17.9 Å². The van der Waals surface area contributed by atoms with Crippen molar-refractivity contribution in [1.29, 1.82) is 0 Å². The molecule has 2 rings (SSSR count). The lowest BCUT2D eigenvalue weighted by Crippen LogP contribution is -1.85. The van der Waals surface area contributed by atoms with E-state index >= 15 is 0 Å². The fourth-order valence-electron chi connectivity index (χ4n) is 1.31. The fraction of sp³-hybridized carbons (Fsp3) is 0.0909. The molecule has 0 saturated heterocycles. The number of hydrogen-bond donors (Lipinski definition) is 0. The van der Waals surface area contributed by atoms with E-state index < -0.39 is 0 Å². The molecule has 0 saturated carbocycles. The normalized spacial score (nSPS) is 10.4. The van der Waals surface area contributed by atoms with Crippen molar-refractivity contribution in [3.05, 3.63) is 35.6 Å². The molecule has 0 N–H and O–H groups in total. The summed E-state index contributed by atoms with van der Waals surface area (Å²) < 4.78 is 5.26. The molecule has 0 aliphatic carbocycles. The van der Waals surface area contributed by atoms with Crippen molar-refractivity contribution >= 4 is 23.0 Å². The van der Waals surface area contributed by atoms with E-state index in [-0.39, 0.29) is 5.78 Å². The highest BCUT2D eigenvalue weighted by atomic mass is 16.3. The Bertz CT molecular complexity index is 508. The number of hydrogen-bond acceptors (Lipinski definition) is 3. The Morgan fingerprint density at radius 1 is 1.36 bits per heavy atom. The molecule has 0 radical (unpaired) electrons. The lowest BCUT2D eigenvalue weighted by Gasteiger charge is -1.88. The number of Topliss-reactive ketones (excluding diaryl/α,β-unsaturated/α-hetero) is 1. The molecule has 0 fully saturated rings. The second-order valence-electron chi connectivity index (χ2n) is 3.08. The van der Waals surface area contributed by atoms with Crippen LogP contribution in [-0.2, 0) is 0 Å². The lowest BCUT2D eigenvalue weighted by atomic mass is 10.2. The molecule has 1 aromatic heterocycles. The first kappa shape index (κ1) is 8.69. The maximum Gasteiger partial charge on any atom is 0.194 e. The number of carbonyl (C=O) groups is 2. The van der Waals surface area contributed by atoms with Gasteiger partial charge in [0.25, 0.3) is 0 Å². The molecule has 0 aliphatic heterocycles. The van der Waals surface area contributed by atoms with Gasteiger partial charge >= 0.3 is 0 Å². The summed E-state index contributed by atoms with van der Waals surface area (Å²) in [7, 11) is 0. The van der Waals surface area contributed by atoms with Gasteiger partial charge in [-0.15, -0.1) is 0 Å². The van der Waals surface area contributed by atoms with Gasteiger partial charge in [-0.25, -0.2) is 0 Å². The summed E-state index contributed by atoms with van der Waals surface area (Å²) in [6, 6.07) is 6.68. The third-order valence-corrected chi connectivity index (χ3v) is 2.02. The molecule has 3 nitrogen and oxygen atoms in total. The predicted molar refractivity (Wildman–Crippen MR) is 51.6 cm³/mol. The van der Waals surface area contributed by atoms with E-state index in [9.17, 15) is 9.59 Å². The van der Waals surface area contributed by atoms with Crippen molar-refractivity contribution in [2.75, 3.05) is 0 Å². The summed E-state index contributed by atoms with van der Waals surface area (Å²) in [5.41, 5.74) is 1.20. The quantitative estimate of drug-likeness (QED) is 0.537. The van der Waals surface area contributed by atoms with Crippen LogP contribution in [0.5, 0.6) is 0 Å². The van der Waals surface area contributed by atoms with E-state index in [4.69, 9.17) is 4.42 Å². The smallest absolute Gasteiger partial charge is 0.194 e. The Hall–Kier alpha value is -1.90. The van der Waals surface area contributed by atoms with Crippen LogP contribution < -0.4 is 0 Å². The van der Waals surface area contributed by atoms with Gasteiger partial charge in [-0.1, -0.05) is 0 Å². The standard InChI is InChI=1S/C11H8O3/c1-7(13)11-5-9-4-8(6-12)2-3-10(9)14-11/h2-6H,1H3. The molecule has 1 aromatic carbocycles. The number of aldehydes is 1. The second-order valence-corrected chi connectivity index (χ2v) is 3.08. The number of rotatable bonds is 2. The van der Waals surface area contributed by atoms with Gasteiger partial charge in [-0.2, -0.15) is 0 Å². The van der Waals surface area contributed by atoms with Crippen LogP contribution in [0, 0.1) is 0 Å². The highest BCUT2D eigenvalue weighted by molar-refractivity contribution is 5.97. The van der Waals surface area contributed by atoms with Crippen LogP contribution in [0.1, 0.15) is 27.8 Å². The molecule has 0 aliphatic rings. The summed E-state index contributed by atoms with van der Waals surface area (Å²) in [6.07, 6.45) is 0.764. The summed E-state index contributed by atoms with van der Waals surface area (Å²) in [4.78, 5) is 21.5. The minimum atomic E-state index is -0.117. The second kappa shape index (κ2) is 3.10. The summed E-state index contributed by atoms with van der Waals surface area (Å²) in [6.45, 7) is 1.44.